The molecule has 130 valence electrons. The van der Waals surface area contributed by atoms with Gasteiger partial charge in [-0.15, -0.1) is 0 Å². The van der Waals surface area contributed by atoms with Crippen LogP contribution in [0.4, 0.5) is 5.13 Å². The third-order valence-corrected chi connectivity index (χ3v) is 5.35. The summed E-state index contributed by atoms with van der Waals surface area (Å²) >= 11 is 7.59. The standard InChI is InChI=1S/C17H22ClN3O2S/c1-2-3-16(22)21(7-6-20-8-10-23-11-9-20)17-19-14-5-4-13(18)12-15(14)24-17/h4-5,12H,2-3,6-11H2,1H3. The summed E-state index contributed by atoms with van der Waals surface area (Å²) in [6, 6.07) is 5.64. The topological polar surface area (TPSA) is 45.7 Å². The van der Waals surface area contributed by atoms with Gasteiger partial charge in [0.1, 0.15) is 0 Å². The first-order valence-corrected chi connectivity index (χ1v) is 9.53. The fourth-order valence-corrected chi connectivity index (χ4v) is 4.03. The Morgan fingerprint density at radius 1 is 1.42 bits per heavy atom. The predicted molar refractivity (Wildman–Crippen MR) is 99.2 cm³/mol. The quantitative estimate of drug-likeness (QED) is 0.784. The summed E-state index contributed by atoms with van der Waals surface area (Å²) in [6.07, 6.45) is 1.38. The monoisotopic (exact) mass is 367 g/mol. The molecule has 3 rings (SSSR count). The number of anilines is 1. The third-order valence-electron chi connectivity index (χ3n) is 4.08. The molecule has 24 heavy (non-hydrogen) atoms. The Morgan fingerprint density at radius 3 is 2.96 bits per heavy atom. The third kappa shape index (κ3) is 4.25. The van der Waals surface area contributed by atoms with E-state index in [9.17, 15) is 4.79 Å². The van der Waals surface area contributed by atoms with Gasteiger partial charge in [-0.2, -0.15) is 0 Å². The number of ether oxygens (including phenoxy) is 1. The van der Waals surface area contributed by atoms with Crippen molar-refractivity contribution in [1.29, 1.82) is 0 Å². The average Bonchev–Trinajstić information content (AvgIpc) is 2.99. The lowest BCUT2D eigenvalue weighted by Gasteiger charge is -2.29. The van der Waals surface area contributed by atoms with Crippen molar-refractivity contribution in [3.05, 3.63) is 23.2 Å². The Kier molecular flexibility index (Phi) is 6.05. The minimum atomic E-state index is 0.135. The van der Waals surface area contributed by atoms with Crippen molar-refractivity contribution in [3.63, 3.8) is 0 Å². The second kappa shape index (κ2) is 8.25. The van der Waals surface area contributed by atoms with Gasteiger partial charge in [0.2, 0.25) is 5.91 Å². The molecule has 1 aromatic carbocycles. The highest BCUT2D eigenvalue weighted by Crippen LogP contribution is 2.31. The van der Waals surface area contributed by atoms with E-state index in [0.29, 0.717) is 18.0 Å². The fourth-order valence-electron chi connectivity index (χ4n) is 2.74. The van der Waals surface area contributed by atoms with E-state index in [2.05, 4.69) is 9.88 Å². The maximum Gasteiger partial charge on any atom is 0.228 e. The highest BCUT2D eigenvalue weighted by atomic mass is 35.5. The van der Waals surface area contributed by atoms with Crippen molar-refractivity contribution in [2.24, 2.45) is 0 Å². The summed E-state index contributed by atoms with van der Waals surface area (Å²) in [7, 11) is 0. The molecule has 5 nitrogen and oxygen atoms in total. The molecule has 1 amide bonds. The number of fused-ring (bicyclic) bond motifs is 1. The maximum absolute atomic E-state index is 12.6. The van der Waals surface area contributed by atoms with Crippen LogP contribution in [0, 0.1) is 0 Å². The Hall–Kier alpha value is -1.21. The van der Waals surface area contributed by atoms with Crippen molar-refractivity contribution in [3.8, 4) is 0 Å². The average molecular weight is 368 g/mol. The largest absolute Gasteiger partial charge is 0.379 e. The van der Waals surface area contributed by atoms with Gasteiger partial charge in [-0.05, 0) is 24.6 Å². The number of rotatable bonds is 6. The first-order chi connectivity index (χ1) is 11.7. The summed E-state index contributed by atoms with van der Waals surface area (Å²) in [5, 5.41) is 1.46. The Balaban J connectivity index is 1.78. The molecule has 0 saturated carbocycles. The lowest BCUT2D eigenvalue weighted by Crippen LogP contribution is -2.43. The number of aromatic nitrogens is 1. The van der Waals surface area contributed by atoms with E-state index in [4.69, 9.17) is 16.3 Å². The van der Waals surface area contributed by atoms with Gasteiger partial charge in [0.15, 0.2) is 5.13 Å². The van der Waals surface area contributed by atoms with Gasteiger partial charge in [-0.1, -0.05) is 29.9 Å². The van der Waals surface area contributed by atoms with Crippen molar-refractivity contribution < 1.29 is 9.53 Å². The van der Waals surface area contributed by atoms with Crippen LogP contribution in [0.15, 0.2) is 18.2 Å². The van der Waals surface area contributed by atoms with E-state index < -0.39 is 0 Å². The molecule has 0 aliphatic carbocycles. The molecule has 1 aliphatic heterocycles. The lowest BCUT2D eigenvalue weighted by molar-refractivity contribution is -0.118. The molecular weight excluding hydrogens is 346 g/mol. The molecule has 0 bridgehead atoms. The molecule has 0 N–H and O–H groups in total. The number of carbonyl (C=O) groups is 1. The Morgan fingerprint density at radius 2 is 2.21 bits per heavy atom. The van der Waals surface area contributed by atoms with E-state index in [1.54, 1.807) is 0 Å². The van der Waals surface area contributed by atoms with Crippen molar-refractivity contribution in [2.75, 3.05) is 44.3 Å². The smallest absolute Gasteiger partial charge is 0.228 e. The molecule has 0 atom stereocenters. The zero-order valence-corrected chi connectivity index (χ0v) is 15.4. The number of thiazole rings is 1. The second-order valence-electron chi connectivity index (χ2n) is 5.86. The SMILES string of the molecule is CCCC(=O)N(CCN1CCOCC1)c1nc2ccc(Cl)cc2s1. The minimum Gasteiger partial charge on any atom is -0.379 e. The molecule has 7 heteroatoms. The zero-order chi connectivity index (χ0) is 16.9. The van der Waals surface area contributed by atoms with Crippen LogP contribution in [0.3, 0.4) is 0 Å². The van der Waals surface area contributed by atoms with Gasteiger partial charge in [0.05, 0.1) is 23.4 Å². The molecule has 2 aromatic rings. The first kappa shape index (κ1) is 17.6. The van der Waals surface area contributed by atoms with E-state index in [1.807, 2.05) is 30.0 Å². The van der Waals surface area contributed by atoms with Gasteiger partial charge < -0.3 is 4.74 Å². The van der Waals surface area contributed by atoms with Gasteiger partial charge in [0, 0.05) is 37.6 Å². The van der Waals surface area contributed by atoms with Gasteiger partial charge in [-0.3, -0.25) is 14.6 Å². The number of amides is 1. The molecule has 1 aliphatic rings. The summed E-state index contributed by atoms with van der Waals surface area (Å²) in [5.74, 6) is 0.135. The lowest BCUT2D eigenvalue weighted by atomic mass is 10.3. The molecule has 1 fully saturated rings. The van der Waals surface area contributed by atoms with Gasteiger partial charge in [0.25, 0.3) is 0 Å². The van der Waals surface area contributed by atoms with Gasteiger partial charge in [-0.25, -0.2) is 4.98 Å². The maximum atomic E-state index is 12.6. The van der Waals surface area contributed by atoms with E-state index in [-0.39, 0.29) is 5.91 Å². The number of benzene rings is 1. The molecular formula is C17H22ClN3O2S. The molecule has 0 radical (unpaired) electrons. The summed E-state index contributed by atoms with van der Waals surface area (Å²) in [5.41, 5.74) is 0.889. The van der Waals surface area contributed by atoms with E-state index in [1.165, 1.54) is 11.3 Å². The van der Waals surface area contributed by atoms with Crippen molar-refractivity contribution in [1.82, 2.24) is 9.88 Å². The second-order valence-corrected chi connectivity index (χ2v) is 7.30. The number of hydrogen-bond acceptors (Lipinski definition) is 5. The summed E-state index contributed by atoms with van der Waals surface area (Å²) < 4.78 is 6.40. The normalized spacial score (nSPS) is 15.8. The predicted octanol–water partition coefficient (Wildman–Crippen LogP) is 3.42. The zero-order valence-electron chi connectivity index (χ0n) is 13.8. The van der Waals surface area contributed by atoms with Crippen LogP contribution in [0.25, 0.3) is 10.2 Å². The molecule has 1 saturated heterocycles. The van der Waals surface area contributed by atoms with Crippen LogP contribution in [0.2, 0.25) is 5.02 Å². The van der Waals surface area contributed by atoms with Crippen LogP contribution in [0.1, 0.15) is 19.8 Å². The van der Waals surface area contributed by atoms with Crippen LogP contribution >= 0.6 is 22.9 Å². The number of morpholine rings is 1. The van der Waals surface area contributed by atoms with Crippen LogP contribution in [0.5, 0.6) is 0 Å². The van der Waals surface area contributed by atoms with Crippen LogP contribution < -0.4 is 4.90 Å². The molecule has 1 aromatic heterocycles. The number of nitrogens with zero attached hydrogens (tertiary/aromatic N) is 3. The van der Waals surface area contributed by atoms with Crippen LogP contribution in [-0.2, 0) is 9.53 Å². The summed E-state index contributed by atoms with van der Waals surface area (Å²) in [6.45, 7) is 6.90. The Bertz CT molecular complexity index is 700. The summed E-state index contributed by atoms with van der Waals surface area (Å²) in [4.78, 5) is 21.4. The first-order valence-electron chi connectivity index (χ1n) is 8.34. The molecule has 0 spiro atoms. The van der Waals surface area contributed by atoms with Crippen molar-refractivity contribution in [2.45, 2.75) is 19.8 Å². The highest BCUT2D eigenvalue weighted by molar-refractivity contribution is 7.22. The number of hydrogen-bond donors (Lipinski definition) is 0. The van der Waals surface area contributed by atoms with Gasteiger partial charge >= 0.3 is 0 Å². The van der Waals surface area contributed by atoms with E-state index in [0.717, 1.165) is 54.6 Å². The molecule has 2 heterocycles. The van der Waals surface area contributed by atoms with E-state index >= 15 is 0 Å². The number of carbonyl (C=O) groups excluding carboxylic acids is 1. The number of halogens is 1. The molecule has 0 unspecified atom stereocenters. The Labute approximate surface area is 151 Å². The minimum absolute atomic E-state index is 0.135. The van der Waals surface area contributed by atoms with Crippen LogP contribution in [-0.4, -0.2) is 55.2 Å². The highest BCUT2D eigenvalue weighted by Gasteiger charge is 2.20. The fraction of sp³-hybridized carbons (Fsp3) is 0.529. The van der Waals surface area contributed by atoms with Crippen molar-refractivity contribution >= 4 is 44.2 Å².